The third-order valence-corrected chi connectivity index (χ3v) is 3.16. The van der Waals surface area contributed by atoms with Crippen molar-refractivity contribution in [1.29, 1.82) is 5.26 Å². The summed E-state index contributed by atoms with van der Waals surface area (Å²) in [6.45, 7) is 4.93. The molecule has 4 heteroatoms. The Balaban J connectivity index is 2.17. The zero-order chi connectivity index (χ0) is 11.6. The van der Waals surface area contributed by atoms with E-state index in [-0.39, 0.29) is 11.6 Å². The predicted octanol–water partition coefficient (Wildman–Crippen LogP) is 1.93. The molecule has 1 saturated heterocycles. The molecule has 0 bridgehead atoms. The molecule has 0 saturated carbocycles. The van der Waals surface area contributed by atoms with Gasteiger partial charge in [-0.25, -0.2) is 4.98 Å². The van der Waals surface area contributed by atoms with Crippen molar-refractivity contribution in [1.82, 2.24) is 4.98 Å². The molecule has 84 valence electrons. The first-order chi connectivity index (χ1) is 7.64. The lowest BCUT2D eigenvalue weighted by Crippen LogP contribution is -2.41. The third-order valence-electron chi connectivity index (χ3n) is 3.16. The Hall–Kier alpha value is -1.60. The summed E-state index contributed by atoms with van der Waals surface area (Å²) in [4.78, 5) is 4.21. The van der Waals surface area contributed by atoms with Gasteiger partial charge >= 0.3 is 0 Å². The van der Waals surface area contributed by atoms with Crippen LogP contribution < -0.4 is 5.32 Å². The lowest BCUT2D eigenvalue weighted by Gasteiger charge is -2.29. The second kappa shape index (κ2) is 4.11. The largest absolute Gasteiger partial charge is 0.376 e. The Morgan fingerprint density at radius 3 is 3.06 bits per heavy atom. The number of hydrogen-bond acceptors (Lipinski definition) is 4. The molecule has 1 aromatic heterocycles. The molecule has 0 aliphatic carbocycles. The molecule has 1 aliphatic heterocycles. The van der Waals surface area contributed by atoms with E-state index >= 15 is 0 Å². The highest BCUT2D eigenvalue weighted by molar-refractivity contribution is 5.41. The average molecular weight is 217 g/mol. The molecular formula is C12H15N3O. The lowest BCUT2D eigenvalue weighted by molar-refractivity contribution is 0.105. The van der Waals surface area contributed by atoms with Crippen molar-refractivity contribution in [3.05, 3.63) is 23.9 Å². The summed E-state index contributed by atoms with van der Waals surface area (Å²) >= 11 is 0. The van der Waals surface area contributed by atoms with E-state index in [2.05, 4.69) is 17.2 Å². The monoisotopic (exact) mass is 217 g/mol. The van der Waals surface area contributed by atoms with Crippen molar-refractivity contribution in [2.75, 3.05) is 11.9 Å². The summed E-state index contributed by atoms with van der Waals surface area (Å²) in [6.07, 6.45) is 1.10. The van der Waals surface area contributed by atoms with Gasteiger partial charge in [-0.1, -0.05) is 6.07 Å². The number of hydrogen-bond donors (Lipinski definition) is 1. The van der Waals surface area contributed by atoms with Crippen LogP contribution in [0.1, 0.15) is 26.0 Å². The maximum Gasteiger partial charge on any atom is 0.142 e. The van der Waals surface area contributed by atoms with E-state index in [9.17, 15) is 0 Å². The molecule has 1 N–H and O–H groups in total. The molecule has 1 fully saturated rings. The van der Waals surface area contributed by atoms with Gasteiger partial charge in [0.15, 0.2) is 0 Å². The van der Waals surface area contributed by atoms with Crippen LogP contribution in [0.5, 0.6) is 0 Å². The quantitative estimate of drug-likeness (QED) is 0.822. The van der Waals surface area contributed by atoms with Crippen molar-refractivity contribution in [2.24, 2.45) is 0 Å². The standard InChI is InChI=1S/C12H15N3O/c1-9-12(2,6-7-16-9)15-11-5-3-4-10(8-13)14-11/h3-5,9H,6-7H2,1-2H3,(H,14,15). The van der Waals surface area contributed by atoms with Crippen LogP contribution in [-0.2, 0) is 4.74 Å². The minimum Gasteiger partial charge on any atom is -0.376 e. The molecule has 0 radical (unpaired) electrons. The molecule has 16 heavy (non-hydrogen) atoms. The second-order valence-electron chi connectivity index (χ2n) is 4.33. The van der Waals surface area contributed by atoms with Crippen LogP contribution in [0.4, 0.5) is 5.82 Å². The minimum atomic E-state index is -0.0962. The van der Waals surface area contributed by atoms with Crippen molar-refractivity contribution >= 4 is 5.82 Å². The molecule has 0 aromatic carbocycles. The highest BCUT2D eigenvalue weighted by Gasteiger charge is 2.37. The fourth-order valence-electron chi connectivity index (χ4n) is 1.86. The number of nitrogens with zero attached hydrogens (tertiary/aromatic N) is 2. The molecule has 1 aliphatic rings. The van der Waals surface area contributed by atoms with E-state index in [1.807, 2.05) is 25.1 Å². The van der Waals surface area contributed by atoms with Crippen molar-refractivity contribution in [2.45, 2.75) is 31.9 Å². The third kappa shape index (κ3) is 2.00. The molecule has 2 unspecified atom stereocenters. The number of nitriles is 1. The van der Waals surface area contributed by atoms with Gasteiger partial charge in [0, 0.05) is 6.61 Å². The maximum absolute atomic E-state index is 8.77. The van der Waals surface area contributed by atoms with E-state index in [4.69, 9.17) is 10.00 Å². The Morgan fingerprint density at radius 1 is 1.62 bits per heavy atom. The Bertz CT molecular complexity index is 427. The van der Waals surface area contributed by atoms with Crippen LogP contribution in [0.25, 0.3) is 0 Å². The van der Waals surface area contributed by atoms with Gasteiger partial charge in [0.05, 0.1) is 11.6 Å². The van der Waals surface area contributed by atoms with E-state index in [0.29, 0.717) is 5.69 Å². The van der Waals surface area contributed by atoms with E-state index in [1.165, 1.54) is 0 Å². The normalized spacial score (nSPS) is 28.7. The summed E-state index contributed by atoms with van der Waals surface area (Å²) in [5.74, 6) is 0.735. The Morgan fingerprint density at radius 2 is 2.44 bits per heavy atom. The highest BCUT2D eigenvalue weighted by Crippen LogP contribution is 2.28. The van der Waals surface area contributed by atoms with E-state index in [0.717, 1.165) is 18.8 Å². The summed E-state index contributed by atoms with van der Waals surface area (Å²) < 4.78 is 5.54. The van der Waals surface area contributed by atoms with Gasteiger partial charge in [0.2, 0.25) is 0 Å². The van der Waals surface area contributed by atoms with Gasteiger partial charge < -0.3 is 10.1 Å². The highest BCUT2D eigenvalue weighted by atomic mass is 16.5. The first-order valence-electron chi connectivity index (χ1n) is 5.41. The van der Waals surface area contributed by atoms with E-state index in [1.54, 1.807) is 6.07 Å². The fourth-order valence-corrected chi connectivity index (χ4v) is 1.86. The number of nitrogens with one attached hydrogen (secondary N) is 1. The predicted molar refractivity (Wildman–Crippen MR) is 61.0 cm³/mol. The molecule has 1 aromatic rings. The zero-order valence-electron chi connectivity index (χ0n) is 9.53. The molecule has 4 nitrogen and oxygen atoms in total. The number of anilines is 1. The zero-order valence-corrected chi connectivity index (χ0v) is 9.53. The summed E-state index contributed by atoms with van der Waals surface area (Å²) in [5.41, 5.74) is 0.335. The van der Waals surface area contributed by atoms with Crippen LogP contribution in [0.15, 0.2) is 18.2 Å². The van der Waals surface area contributed by atoms with Gasteiger partial charge in [0.25, 0.3) is 0 Å². The lowest BCUT2D eigenvalue weighted by atomic mass is 9.95. The molecule has 2 heterocycles. The van der Waals surface area contributed by atoms with Crippen molar-refractivity contribution in [3.63, 3.8) is 0 Å². The van der Waals surface area contributed by atoms with Gasteiger partial charge in [-0.2, -0.15) is 5.26 Å². The molecule has 0 spiro atoms. The maximum atomic E-state index is 8.77. The second-order valence-corrected chi connectivity index (χ2v) is 4.33. The minimum absolute atomic E-state index is 0.0962. The summed E-state index contributed by atoms with van der Waals surface area (Å²) in [7, 11) is 0. The molecule has 2 rings (SSSR count). The molecule has 2 atom stereocenters. The van der Waals surface area contributed by atoms with Crippen LogP contribution in [0, 0.1) is 11.3 Å². The van der Waals surface area contributed by atoms with Gasteiger partial charge in [-0.05, 0) is 32.4 Å². The van der Waals surface area contributed by atoms with Crippen LogP contribution in [-0.4, -0.2) is 23.2 Å². The first kappa shape index (κ1) is 10.9. The molecule has 0 amide bonds. The topological polar surface area (TPSA) is 57.9 Å². The average Bonchev–Trinajstić information content (AvgIpc) is 2.59. The van der Waals surface area contributed by atoms with Crippen LogP contribution in [0.3, 0.4) is 0 Å². The summed E-state index contributed by atoms with van der Waals surface area (Å²) in [6, 6.07) is 7.43. The molecular weight excluding hydrogens is 202 g/mol. The first-order valence-corrected chi connectivity index (χ1v) is 5.41. The smallest absolute Gasteiger partial charge is 0.142 e. The summed E-state index contributed by atoms with van der Waals surface area (Å²) in [5, 5.41) is 12.1. The SMILES string of the molecule is CC1OCCC1(C)Nc1cccc(C#N)n1. The Kier molecular flexibility index (Phi) is 2.80. The van der Waals surface area contributed by atoms with E-state index < -0.39 is 0 Å². The van der Waals surface area contributed by atoms with Crippen molar-refractivity contribution < 1.29 is 4.74 Å². The van der Waals surface area contributed by atoms with Gasteiger partial charge in [-0.3, -0.25) is 0 Å². The number of rotatable bonds is 2. The number of pyridine rings is 1. The number of ether oxygens (including phenoxy) is 1. The van der Waals surface area contributed by atoms with Crippen LogP contribution >= 0.6 is 0 Å². The number of aromatic nitrogens is 1. The van der Waals surface area contributed by atoms with Crippen LogP contribution in [0.2, 0.25) is 0 Å². The van der Waals surface area contributed by atoms with Gasteiger partial charge in [-0.15, -0.1) is 0 Å². The van der Waals surface area contributed by atoms with Gasteiger partial charge in [0.1, 0.15) is 17.6 Å². The van der Waals surface area contributed by atoms with Crippen molar-refractivity contribution in [3.8, 4) is 6.07 Å². The Labute approximate surface area is 95.3 Å². The fraction of sp³-hybridized carbons (Fsp3) is 0.500.